The molecule has 4 atom stereocenters. The van der Waals surface area contributed by atoms with Crippen LogP contribution in [-0.2, 0) is 9.59 Å². The molecule has 2 unspecified atom stereocenters. The number of allylic oxidation sites excluding steroid dienone is 2. The third-order valence-electron chi connectivity index (χ3n) is 6.40. The zero-order chi connectivity index (χ0) is 24.2. The topological polar surface area (TPSA) is 79.7 Å². The third kappa shape index (κ3) is 4.07. The molecular weight excluding hydrogens is 469 g/mol. The zero-order valence-corrected chi connectivity index (χ0v) is 18.6. The third-order valence-corrected chi connectivity index (χ3v) is 7.40. The Balaban J connectivity index is 1.38. The Morgan fingerprint density at radius 3 is 2.35 bits per heavy atom. The molecule has 2 aliphatic carbocycles. The molecule has 0 saturated heterocycles. The van der Waals surface area contributed by atoms with Gasteiger partial charge in [0.1, 0.15) is 11.5 Å². The Labute approximate surface area is 196 Å². The Hall–Kier alpha value is -3.24. The first-order valence-electron chi connectivity index (χ1n) is 10.6. The number of alkyl halides is 3. The van der Waals surface area contributed by atoms with E-state index in [4.69, 9.17) is 0 Å². The van der Waals surface area contributed by atoms with Crippen molar-refractivity contribution in [3.8, 4) is 16.9 Å². The number of ketones is 1. The van der Waals surface area contributed by atoms with E-state index < -0.39 is 24.1 Å². The average Bonchev–Trinajstić information content (AvgIpc) is 3.51. The normalized spacial score (nSPS) is 23.4. The van der Waals surface area contributed by atoms with Gasteiger partial charge in [-0.2, -0.15) is 5.06 Å². The Bertz CT molecular complexity index is 1300. The molecule has 3 aromatic rings. The number of carbonyl (C=O) groups is 2. The van der Waals surface area contributed by atoms with E-state index in [0.717, 1.165) is 23.3 Å². The number of anilines is 1. The number of halogens is 3. The van der Waals surface area contributed by atoms with Crippen LogP contribution in [0.25, 0.3) is 21.3 Å². The van der Waals surface area contributed by atoms with E-state index in [9.17, 15) is 28.0 Å². The van der Waals surface area contributed by atoms with Gasteiger partial charge in [-0.15, -0.1) is 13.2 Å². The van der Waals surface area contributed by atoms with Crippen molar-refractivity contribution in [1.29, 1.82) is 0 Å². The highest BCUT2D eigenvalue weighted by Gasteiger charge is 2.51. The van der Waals surface area contributed by atoms with Crippen molar-refractivity contribution in [2.75, 3.05) is 5.06 Å². The number of nitrogens with zero attached hydrogens (tertiary/aromatic N) is 2. The second kappa shape index (κ2) is 8.21. The number of carbonyl (C=O) groups excluding carboxylic acids is 2. The fraction of sp³-hybridized carbons (Fsp3) is 0.292. The smallest absolute Gasteiger partial charge is 0.406 e. The van der Waals surface area contributed by atoms with Crippen LogP contribution in [0.4, 0.5) is 18.3 Å². The van der Waals surface area contributed by atoms with Crippen molar-refractivity contribution in [1.82, 2.24) is 4.98 Å². The molecule has 1 fully saturated rings. The minimum absolute atomic E-state index is 0.0238. The first kappa shape index (κ1) is 22.5. The summed E-state index contributed by atoms with van der Waals surface area (Å²) in [6.07, 6.45) is -0.115. The average molecular weight is 488 g/mol. The van der Waals surface area contributed by atoms with Crippen LogP contribution in [0, 0.1) is 23.7 Å². The van der Waals surface area contributed by atoms with Gasteiger partial charge in [0, 0.05) is 5.92 Å². The summed E-state index contributed by atoms with van der Waals surface area (Å²) in [7, 11) is 0. The predicted octanol–water partition coefficient (Wildman–Crippen LogP) is 5.61. The molecule has 5 rings (SSSR count). The second-order valence-corrected chi connectivity index (χ2v) is 9.52. The van der Waals surface area contributed by atoms with Crippen LogP contribution in [0.2, 0.25) is 0 Å². The summed E-state index contributed by atoms with van der Waals surface area (Å²) in [4.78, 5) is 29.6. The molecule has 6 nitrogen and oxygen atoms in total. The van der Waals surface area contributed by atoms with E-state index >= 15 is 0 Å². The summed E-state index contributed by atoms with van der Waals surface area (Å²) in [6.45, 7) is 1.47. The number of fused-ring (bicyclic) bond motifs is 3. The molecule has 1 heterocycles. The molecule has 0 aliphatic heterocycles. The van der Waals surface area contributed by atoms with Crippen LogP contribution >= 0.6 is 11.3 Å². The molecule has 2 aromatic carbocycles. The maximum absolute atomic E-state index is 13.1. The van der Waals surface area contributed by atoms with Crippen LogP contribution in [0.15, 0.2) is 54.6 Å². The van der Waals surface area contributed by atoms with E-state index in [1.165, 1.54) is 31.2 Å². The number of hydrogen-bond donors (Lipinski definition) is 1. The van der Waals surface area contributed by atoms with Crippen molar-refractivity contribution < 1.29 is 32.7 Å². The molecule has 1 aromatic heterocycles. The molecule has 10 heteroatoms. The second-order valence-electron chi connectivity index (χ2n) is 8.51. The molecular formula is C24H19F3N2O4S. The molecule has 0 radical (unpaired) electrons. The fourth-order valence-corrected chi connectivity index (χ4v) is 5.90. The molecule has 2 aliphatic rings. The largest absolute Gasteiger partial charge is 0.573 e. The number of hydrogen-bond acceptors (Lipinski definition) is 6. The number of thiazole rings is 1. The van der Waals surface area contributed by atoms with Gasteiger partial charge in [-0.05, 0) is 60.6 Å². The van der Waals surface area contributed by atoms with Gasteiger partial charge in [0.2, 0.25) is 5.13 Å². The summed E-state index contributed by atoms with van der Waals surface area (Å²) in [6, 6.07) is 10.7. The minimum Gasteiger partial charge on any atom is -0.406 e. The van der Waals surface area contributed by atoms with Gasteiger partial charge in [-0.25, -0.2) is 4.98 Å². The Morgan fingerprint density at radius 2 is 1.71 bits per heavy atom. The van der Waals surface area contributed by atoms with Crippen LogP contribution in [0.1, 0.15) is 13.3 Å². The maximum Gasteiger partial charge on any atom is 0.573 e. The fourth-order valence-electron chi connectivity index (χ4n) is 4.98. The summed E-state index contributed by atoms with van der Waals surface area (Å²) in [5.74, 6) is -2.03. The number of aromatic nitrogens is 1. The molecule has 1 saturated carbocycles. The van der Waals surface area contributed by atoms with E-state index in [-0.39, 0.29) is 28.5 Å². The van der Waals surface area contributed by atoms with Gasteiger partial charge >= 0.3 is 6.36 Å². The summed E-state index contributed by atoms with van der Waals surface area (Å²) in [5, 5.41) is 11.3. The summed E-state index contributed by atoms with van der Waals surface area (Å²) in [5.41, 5.74) is 1.96. The highest BCUT2D eigenvalue weighted by molar-refractivity contribution is 7.22. The van der Waals surface area contributed by atoms with Crippen LogP contribution in [0.3, 0.4) is 0 Å². The molecule has 1 amide bonds. The number of rotatable bonds is 5. The van der Waals surface area contributed by atoms with Gasteiger partial charge in [-0.3, -0.25) is 14.8 Å². The van der Waals surface area contributed by atoms with E-state index in [1.807, 2.05) is 12.2 Å². The predicted molar refractivity (Wildman–Crippen MR) is 119 cm³/mol. The van der Waals surface area contributed by atoms with Crippen LogP contribution in [0.5, 0.6) is 5.75 Å². The van der Waals surface area contributed by atoms with Crippen molar-refractivity contribution in [2.24, 2.45) is 23.7 Å². The number of hydroxylamine groups is 1. The van der Waals surface area contributed by atoms with E-state index in [1.54, 1.807) is 18.2 Å². The van der Waals surface area contributed by atoms with Gasteiger partial charge in [0.05, 0.1) is 16.1 Å². The Morgan fingerprint density at radius 1 is 1.06 bits per heavy atom. The SMILES string of the molecule is CC(=O)[C@@H]1C2C=CC(C2)[C@@H]1C(=O)N(O)c1nc2ccc(-c3ccc(OC(F)(F)F)cc3)cc2s1. The quantitative estimate of drug-likeness (QED) is 0.287. The Kier molecular flexibility index (Phi) is 5.44. The van der Waals surface area contributed by atoms with E-state index in [0.29, 0.717) is 20.8 Å². The first-order chi connectivity index (χ1) is 16.1. The lowest BCUT2D eigenvalue weighted by Gasteiger charge is -2.27. The molecule has 0 spiro atoms. The zero-order valence-electron chi connectivity index (χ0n) is 17.8. The summed E-state index contributed by atoms with van der Waals surface area (Å²) < 4.78 is 41.7. The van der Waals surface area contributed by atoms with Crippen LogP contribution < -0.4 is 9.80 Å². The number of amides is 1. The van der Waals surface area contributed by atoms with Crippen molar-refractivity contribution >= 4 is 38.4 Å². The monoisotopic (exact) mass is 488 g/mol. The van der Waals surface area contributed by atoms with Crippen molar-refractivity contribution in [3.05, 3.63) is 54.6 Å². The van der Waals surface area contributed by atoms with Crippen molar-refractivity contribution in [2.45, 2.75) is 19.7 Å². The number of benzene rings is 2. The standard InChI is InChI=1S/C24H19F3N2O4S/c1-12(30)20-15-2-3-16(10-15)21(20)22(31)29(32)23-28-18-9-6-14(11-19(18)34-23)13-4-7-17(8-5-13)33-24(25,26)27/h2-9,11,15-16,20-21,32H,10H2,1H3/t15?,16?,20-,21+/m1/s1. The van der Waals surface area contributed by atoms with Gasteiger partial charge in [-0.1, -0.05) is 41.7 Å². The maximum atomic E-state index is 13.1. The summed E-state index contributed by atoms with van der Waals surface area (Å²) >= 11 is 1.11. The van der Waals surface area contributed by atoms with Gasteiger partial charge in [0.25, 0.3) is 5.91 Å². The molecule has 2 bridgehead atoms. The number of ether oxygens (including phenoxy) is 1. The van der Waals surface area contributed by atoms with Crippen LogP contribution in [-0.4, -0.2) is 28.2 Å². The molecule has 176 valence electrons. The lowest BCUT2D eigenvalue weighted by molar-refractivity contribution is -0.274. The molecule has 1 N–H and O–H groups in total. The van der Waals surface area contributed by atoms with Gasteiger partial charge in [0.15, 0.2) is 0 Å². The minimum atomic E-state index is -4.76. The van der Waals surface area contributed by atoms with Gasteiger partial charge < -0.3 is 4.74 Å². The molecule has 34 heavy (non-hydrogen) atoms. The highest BCUT2D eigenvalue weighted by Crippen LogP contribution is 2.49. The van der Waals surface area contributed by atoms with E-state index in [2.05, 4.69) is 9.72 Å². The lowest BCUT2D eigenvalue weighted by atomic mass is 9.80. The highest BCUT2D eigenvalue weighted by atomic mass is 32.1. The van der Waals surface area contributed by atoms with Crippen molar-refractivity contribution in [3.63, 3.8) is 0 Å². The lowest BCUT2D eigenvalue weighted by Crippen LogP contribution is -2.41. The first-order valence-corrected chi connectivity index (χ1v) is 11.4. The number of Topliss-reactive ketones (excluding diaryl/α,β-unsaturated/α-hetero) is 1.